The van der Waals surface area contributed by atoms with Gasteiger partial charge in [-0.1, -0.05) is 13.8 Å². The molecular formula is C19H21N3OS. The van der Waals surface area contributed by atoms with E-state index in [9.17, 15) is 4.79 Å². The molecule has 0 saturated carbocycles. The van der Waals surface area contributed by atoms with E-state index >= 15 is 0 Å². The third-order valence-electron chi connectivity index (χ3n) is 4.72. The average molecular weight is 339 g/mol. The number of nitrogens with zero attached hydrogens (tertiary/aromatic N) is 3. The van der Waals surface area contributed by atoms with Gasteiger partial charge in [0.25, 0.3) is 5.91 Å². The van der Waals surface area contributed by atoms with Gasteiger partial charge in [0.05, 0.1) is 21.3 Å². The van der Waals surface area contributed by atoms with Gasteiger partial charge in [-0.05, 0) is 43.2 Å². The summed E-state index contributed by atoms with van der Waals surface area (Å²) >= 11 is 1.64. The minimum absolute atomic E-state index is 0.120. The Hall–Kier alpha value is -2.14. The van der Waals surface area contributed by atoms with Crippen LogP contribution in [0, 0.1) is 12.8 Å². The molecule has 4 nitrogen and oxygen atoms in total. The molecule has 0 spiro atoms. The van der Waals surface area contributed by atoms with E-state index in [1.165, 1.54) is 5.69 Å². The van der Waals surface area contributed by atoms with Gasteiger partial charge in [0, 0.05) is 30.5 Å². The first-order chi connectivity index (χ1) is 11.5. The van der Waals surface area contributed by atoms with E-state index in [4.69, 9.17) is 0 Å². The molecule has 1 atom stereocenters. The number of rotatable bonds is 2. The van der Waals surface area contributed by atoms with E-state index in [1.807, 2.05) is 30.0 Å². The molecule has 1 amide bonds. The number of hydrogen-bond donors (Lipinski definition) is 0. The van der Waals surface area contributed by atoms with Gasteiger partial charge >= 0.3 is 0 Å². The van der Waals surface area contributed by atoms with Crippen LogP contribution in [0.15, 0.2) is 36.5 Å². The summed E-state index contributed by atoms with van der Waals surface area (Å²) in [5.74, 6) is 0.492. The molecule has 5 heteroatoms. The van der Waals surface area contributed by atoms with Crippen molar-refractivity contribution in [2.45, 2.75) is 33.4 Å². The zero-order valence-corrected chi connectivity index (χ0v) is 15.0. The Morgan fingerprint density at radius 1 is 1.29 bits per heavy atom. The lowest BCUT2D eigenvalue weighted by atomic mass is 9.96. The third kappa shape index (κ3) is 2.44. The molecule has 24 heavy (non-hydrogen) atoms. The van der Waals surface area contributed by atoms with Crippen molar-refractivity contribution in [3.8, 4) is 0 Å². The van der Waals surface area contributed by atoms with Crippen molar-refractivity contribution in [3.63, 3.8) is 0 Å². The smallest absolute Gasteiger partial charge is 0.254 e. The van der Waals surface area contributed by atoms with Gasteiger partial charge in [0.15, 0.2) is 0 Å². The number of amides is 1. The summed E-state index contributed by atoms with van der Waals surface area (Å²) < 4.78 is 3.35. The number of carbonyl (C=O) groups excluding carboxylic acids is 1. The molecule has 1 aromatic carbocycles. The van der Waals surface area contributed by atoms with Gasteiger partial charge in [-0.25, -0.2) is 4.98 Å². The molecule has 2 aromatic heterocycles. The second-order valence-electron chi connectivity index (χ2n) is 6.73. The van der Waals surface area contributed by atoms with Gasteiger partial charge < -0.3 is 9.47 Å². The predicted octanol–water partition coefficient (Wildman–Crippen LogP) is 4.26. The fourth-order valence-electron chi connectivity index (χ4n) is 3.68. The average Bonchev–Trinajstić information content (AvgIpc) is 3.16. The number of hydrogen-bond acceptors (Lipinski definition) is 3. The zero-order chi connectivity index (χ0) is 16.8. The highest BCUT2D eigenvalue weighted by atomic mass is 32.1. The van der Waals surface area contributed by atoms with Crippen LogP contribution in [0.1, 0.15) is 40.9 Å². The number of thiazole rings is 1. The summed E-state index contributed by atoms with van der Waals surface area (Å²) in [4.78, 5) is 19.7. The normalized spacial score (nSPS) is 17.5. The summed E-state index contributed by atoms with van der Waals surface area (Å²) in [7, 11) is 0. The lowest BCUT2D eigenvalue weighted by Crippen LogP contribution is -2.43. The van der Waals surface area contributed by atoms with Crippen LogP contribution >= 0.6 is 11.3 Å². The van der Waals surface area contributed by atoms with Crippen molar-refractivity contribution in [3.05, 3.63) is 52.8 Å². The van der Waals surface area contributed by atoms with E-state index in [0.717, 1.165) is 33.9 Å². The fourth-order valence-corrected chi connectivity index (χ4v) is 4.55. The van der Waals surface area contributed by atoms with Gasteiger partial charge in [0.2, 0.25) is 0 Å². The number of aryl methyl sites for hydroxylation is 1. The minimum atomic E-state index is 0.120. The van der Waals surface area contributed by atoms with Crippen LogP contribution in [-0.4, -0.2) is 26.9 Å². The largest absolute Gasteiger partial charge is 0.348 e. The van der Waals surface area contributed by atoms with Crippen LogP contribution in [-0.2, 0) is 6.54 Å². The Bertz CT molecular complexity index is 908. The van der Waals surface area contributed by atoms with E-state index < -0.39 is 0 Å². The predicted molar refractivity (Wildman–Crippen MR) is 97.4 cm³/mol. The summed E-state index contributed by atoms with van der Waals surface area (Å²) in [6.45, 7) is 7.98. The zero-order valence-electron chi connectivity index (χ0n) is 14.2. The molecule has 0 bridgehead atoms. The maximum absolute atomic E-state index is 13.2. The Labute approximate surface area is 145 Å². The van der Waals surface area contributed by atoms with Crippen LogP contribution in [0.25, 0.3) is 10.2 Å². The highest BCUT2D eigenvalue weighted by Crippen LogP contribution is 2.34. The standard InChI is InChI=1S/C19H21N3OS/c1-12(2)18-16-5-4-8-21(16)9-10-22(18)19(23)14-6-7-15-17(11-14)24-13(3)20-15/h4-8,11-12,18H,9-10H2,1-3H3/t18-/m0/s1. The summed E-state index contributed by atoms with van der Waals surface area (Å²) in [5, 5.41) is 1.03. The Balaban J connectivity index is 1.72. The molecule has 0 unspecified atom stereocenters. The summed E-state index contributed by atoms with van der Waals surface area (Å²) in [5.41, 5.74) is 2.97. The van der Waals surface area contributed by atoms with E-state index in [1.54, 1.807) is 11.3 Å². The number of aromatic nitrogens is 2. The molecular weight excluding hydrogens is 318 g/mol. The molecule has 4 rings (SSSR count). The quantitative estimate of drug-likeness (QED) is 0.700. The van der Waals surface area contributed by atoms with Crippen LogP contribution in [0.2, 0.25) is 0 Å². The van der Waals surface area contributed by atoms with Crippen molar-refractivity contribution < 1.29 is 4.79 Å². The Morgan fingerprint density at radius 2 is 2.12 bits per heavy atom. The summed E-state index contributed by atoms with van der Waals surface area (Å²) in [6, 6.07) is 10.2. The van der Waals surface area contributed by atoms with Crippen molar-refractivity contribution in [1.82, 2.24) is 14.5 Å². The van der Waals surface area contributed by atoms with E-state index in [0.29, 0.717) is 5.92 Å². The monoisotopic (exact) mass is 339 g/mol. The highest BCUT2D eigenvalue weighted by Gasteiger charge is 2.33. The first-order valence-electron chi connectivity index (χ1n) is 8.38. The van der Waals surface area contributed by atoms with Crippen LogP contribution < -0.4 is 0 Å². The highest BCUT2D eigenvalue weighted by molar-refractivity contribution is 7.18. The number of benzene rings is 1. The van der Waals surface area contributed by atoms with Crippen molar-refractivity contribution in [1.29, 1.82) is 0 Å². The van der Waals surface area contributed by atoms with Crippen LogP contribution in [0.4, 0.5) is 0 Å². The molecule has 0 aliphatic carbocycles. The minimum Gasteiger partial charge on any atom is -0.348 e. The molecule has 1 aliphatic heterocycles. The van der Waals surface area contributed by atoms with E-state index in [2.05, 4.69) is 41.7 Å². The van der Waals surface area contributed by atoms with Crippen molar-refractivity contribution in [2.24, 2.45) is 5.92 Å². The van der Waals surface area contributed by atoms with E-state index in [-0.39, 0.29) is 11.9 Å². The SMILES string of the molecule is Cc1nc2ccc(C(=O)N3CCn4cccc4[C@@H]3C(C)C)cc2s1. The molecule has 1 aliphatic rings. The molecule has 3 heterocycles. The van der Waals surface area contributed by atoms with Crippen molar-refractivity contribution >= 4 is 27.5 Å². The van der Waals surface area contributed by atoms with Gasteiger partial charge in [-0.15, -0.1) is 11.3 Å². The number of fused-ring (bicyclic) bond motifs is 2. The van der Waals surface area contributed by atoms with Crippen molar-refractivity contribution in [2.75, 3.05) is 6.54 Å². The topological polar surface area (TPSA) is 38.1 Å². The maximum Gasteiger partial charge on any atom is 0.254 e. The number of carbonyl (C=O) groups is 1. The third-order valence-corrected chi connectivity index (χ3v) is 5.65. The van der Waals surface area contributed by atoms with Crippen LogP contribution in [0.3, 0.4) is 0 Å². The molecule has 0 N–H and O–H groups in total. The van der Waals surface area contributed by atoms with Gasteiger partial charge in [-0.2, -0.15) is 0 Å². The fraction of sp³-hybridized carbons (Fsp3) is 0.368. The lowest BCUT2D eigenvalue weighted by Gasteiger charge is -2.39. The lowest BCUT2D eigenvalue weighted by molar-refractivity contribution is 0.0556. The first-order valence-corrected chi connectivity index (χ1v) is 9.19. The summed E-state index contributed by atoms with van der Waals surface area (Å²) in [6.07, 6.45) is 2.11. The molecule has 0 radical (unpaired) electrons. The van der Waals surface area contributed by atoms with Gasteiger partial charge in [-0.3, -0.25) is 4.79 Å². The second-order valence-corrected chi connectivity index (χ2v) is 7.96. The Morgan fingerprint density at radius 3 is 2.92 bits per heavy atom. The first kappa shape index (κ1) is 15.4. The molecule has 0 fully saturated rings. The Kier molecular flexibility index (Phi) is 3.68. The van der Waals surface area contributed by atoms with Gasteiger partial charge in [0.1, 0.15) is 0 Å². The molecule has 3 aromatic rings. The van der Waals surface area contributed by atoms with Crippen LogP contribution in [0.5, 0.6) is 0 Å². The maximum atomic E-state index is 13.2. The molecule has 0 saturated heterocycles. The molecule has 124 valence electrons. The second kappa shape index (κ2) is 5.74.